The van der Waals surface area contributed by atoms with Gasteiger partial charge < -0.3 is 9.84 Å². The first-order chi connectivity index (χ1) is 9.10. The second-order valence-corrected chi connectivity index (χ2v) is 5.42. The summed E-state index contributed by atoms with van der Waals surface area (Å²) in [6.07, 6.45) is 0.742. The fourth-order valence-electron chi connectivity index (χ4n) is 1.79. The number of nitrogens with zero attached hydrogens (tertiary/aromatic N) is 2. The Hall–Kier alpha value is -0.980. The minimum Gasteiger partial charge on any atom is -0.481 e. The number of carboxylic acids is 1. The molecule has 0 aliphatic rings. The predicted molar refractivity (Wildman–Crippen MR) is 75.7 cm³/mol. The van der Waals surface area contributed by atoms with Gasteiger partial charge in [-0.1, -0.05) is 13.8 Å². The van der Waals surface area contributed by atoms with Crippen molar-refractivity contribution in [2.45, 2.75) is 33.2 Å². The van der Waals surface area contributed by atoms with Crippen molar-refractivity contribution in [1.29, 1.82) is 0 Å². The molecular formula is C13H22N2O3S. The van der Waals surface area contributed by atoms with E-state index in [0.29, 0.717) is 12.3 Å². The first kappa shape index (κ1) is 16.1. The van der Waals surface area contributed by atoms with Crippen molar-refractivity contribution in [2.75, 3.05) is 26.8 Å². The summed E-state index contributed by atoms with van der Waals surface area (Å²) >= 11 is 1.60. The van der Waals surface area contributed by atoms with Gasteiger partial charge in [-0.2, -0.15) is 0 Å². The maximum Gasteiger partial charge on any atom is 0.309 e. The lowest BCUT2D eigenvalue weighted by Crippen LogP contribution is -2.22. The Morgan fingerprint density at radius 1 is 1.42 bits per heavy atom. The van der Waals surface area contributed by atoms with E-state index in [1.807, 2.05) is 0 Å². The quantitative estimate of drug-likeness (QED) is 0.750. The van der Waals surface area contributed by atoms with Gasteiger partial charge in [-0.25, -0.2) is 4.98 Å². The van der Waals surface area contributed by atoms with Crippen molar-refractivity contribution in [3.63, 3.8) is 0 Å². The number of hydrogen-bond donors (Lipinski definition) is 1. The molecule has 19 heavy (non-hydrogen) atoms. The van der Waals surface area contributed by atoms with Crippen molar-refractivity contribution in [3.05, 3.63) is 15.6 Å². The molecule has 0 aliphatic carbocycles. The number of aliphatic carboxylic acids is 1. The number of ether oxygens (including phenoxy) is 1. The van der Waals surface area contributed by atoms with Crippen molar-refractivity contribution >= 4 is 17.3 Å². The van der Waals surface area contributed by atoms with Crippen LogP contribution in [0.15, 0.2) is 0 Å². The molecule has 0 fully saturated rings. The molecule has 0 unspecified atom stereocenters. The normalized spacial score (nSPS) is 11.2. The summed E-state index contributed by atoms with van der Waals surface area (Å²) in [5.41, 5.74) is 0.704. The van der Waals surface area contributed by atoms with Crippen molar-refractivity contribution in [1.82, 2.24) is 9.88 Å². The van der Waals surface area contributed by atoms with Crippen LogP contribution in [0, 0.1) is 0 Å². The zero-order chi connectivity index (χ0) is 14.3. The molecule has 1 aromatic heterocycles. The Kier molecular flexibility index (Phi) is 6.97. The lowest BCUT2D eigenvalue weighted by Gasteiger charge is -2.17. The predicted octanol–water partition coefficient (Wildman–Crippen LogP) is 1.80. The van der Waals surface area contributed by atoms with Gasteiger partial charge >= 0.3 is 5.97 Å². The van der Waals surface area contributed by atoms with E-state index >= 15 is 0 Å². The third kappa shape index (κ3) is 5.26. The van der Waals surface area contributed by atoms with Gasteiger partial charge in [-0.3, -0.25) is 9.69 Å². The van der Waals surface area contributed by atoms with Crippen molar-refractivity contribution in [3.8, 4) is 0 Å². The number of thiazole rings is 1. The molecule has 1 N–H and O–H groups in total. The monoisotopic (exact) mass is 286 g/mol. The topological polar surface area (TPSA) is 62.7 Å². The number of hydrogen-bond acceptors (Lipinski definition) is 5. The fraction of sp³-hybridized carbons (Fsp3) is 0.692. The summed E-state index contributed by atoms with van der Waals surface area (Å²) in [5.74, 6) is -0.829. The van der Waals surface area contributed by atoms with Gasteiger partial charge in [0, 0.05) is 25.0 Å². The molecule has 5 nitrogen and oxygen atoms in total. The Morgan fingerprint density at radius 2 is 2.11 bits per heavy atom. The maximum absolute atomic E-state index is 10.9. The maximum atomic E-state index is 10.9. The van der Waals surface area contributed by atoms with Crippen LogP contribution in [0.4, 0.5) is 0 Å². The smallest absolute Gasteiger partial charge is 0.309 e. The molecule has 1 heterocycles. The molecule has 0 radical (unpaired) electrons. The van der Waals surface area contributed by atoms with E-state index in [1.54, 1.807) is 18.4 Å². The first-order valence-corrected chi connectivity index (χ1v) is 7.32. The number of methoxy groups -OCH3 is 1. The average molecular weight is 286 g/mol. The average Bonchev–Trinajstić information content (AvgIpc) is 2.74. The van der Waals surface area contributed by atoms with Gasteiger partial charge in [0.1, 0.15) is 0 Å². The van der Waals surface area contributed by atoms with E-state index in [0.717, 1.165) is 35.9 Å². The molecular weight excluding hydrogens is 264 g/mol. The third-order valence-corrected chi connectivity index (χ3v) is 4.07. The van der Waals surface area contributed by atoms with E-state index in [1.165, 1.54) is 0 Å². The van der Waals surface area contributed by atoms with Gasteiger partial charge in [-0.05, 0) is 13.1 Å². The van der Waals surface area contributed by atoms with Crippen LogP contribution in [0.5, 0.6) is 0 Å². The van der Waals surface area contributed by atoms with Gasteiger partial charge in [0.05, 0.1) is 23.7 Å². The molecule has 0 amide bonds. The summed E-state index contributed by atoms with van der Waals surface area (Å²) < 4.78 is 5.04. The van der Waals surface area contributed by atoms with Gasteiger partial charge in [0.2, 0.25) is 0 Å². The molecule has 0 aliphatic heterocycles. The summed E-state index contributed by atoms with van der Waals surface area (Å²) in [4.78, 5) is 18.7. The largest absolute Gasteiger partial charge is 0.481 e. The van der Waals surface area contributed by atoms with Crippen LogP contribution in [0.3, 0.4) is 0 Å². The van der Waals surface area contributed by atoms with Gasteiger partial charge in [0.25, 0.3) is 0 Å². The van der Waals surface area contributed by atoms with E-state index in [-0.39, 0.29) is 6.42 Å². The van der Waals surface area contributed by atoms with Crippen LogP contribution in [-0.2, 0) is 28.9 Å². The van der Waals surface area contributed by atoms with Gasteiger partial charge in [-0.15, -0.1) is 11.3 Å². The molecule has 0 saturated carbocycles. The Balaban J connectivity index is 2.84. The van der Waals surface area contributed by atoms with Crippen LogP contribution in [-0.4, -0.2) is 47.8 Å². The molecule has 1 rings (SSSR count). The summed E-state index contributed by atoms with van der Waals surface area (Å²) in [7, 11) is 1.66. The summed E-state index contributed by atoms with van der Waals surface area (Å²) in [6.45, 7) is 7.51. The summed E-state index contributed by atoms with van der Waals surface area (Å²) in [5, 5.41) is 9.91. The summed E-state index contributed by atoms with van der Waals surface area (Å²) in [6, 6.07) is 0. The molecule has 6 heteroatoms. The van der Waals surface area contributed by atoms with Crippen LogP contribution in [0.2, 0.25) is 0 Å². The van der Waals surface area contributed by atoms with Crippen LogP contribution in [0.1, 0.15) is 29.4 Å². The molecule has 1 aromatic rings. The third-order valence-electron chi connectivity index (χ3n) is 2.92. The standard InChI is InChI=1S/C13H22N2O3S/c1-4-15(5-2)9-11-10(8-13(16)17)14-12(19-11)6-7-18-3/h4-9H2,1-3H3,(H,16,17). The lowest BCUT2D eigenvalue weighted by molar-refractivity contribution is -0.136. The van der Waals surface area contributed by atoms with E-state index in [2.05, 4.69) is 23.7 Å². The highest BCUT2D eigenvalue weighted by molar-refractivity contribution is 7.11. The molecule has 0 bridgehead atoms. The molecule has 0 spiro atoms. The molecule has 108 valence electrons. The molecule has 0 aromatic carbocycles. The van der Waals surface area contributed by atoms with Crippen LogP contribution < -0.4 is 0 Å². The van der Waals surface area contributed by atoms with Crippen molar-refractivity contribution in [2.24, 2.45) is 0 Å². The van der Waals surface area contributed by atoms with Gasteiger partial charge in [0.15, 0.2) is 0 Å². The van der Waals surface area contributed by atoms with Crippen LogP contribution in [0.25, 0.3) is 0 Å². The van der Waals surface area contributed by atoms with E-state index < -0.39 is 5.97 Å². The minimum atomic E-state index is -0.829. The Morgan fingerprint density at radius 3 is 2.63 bits per heavy atom. The SMILES string of the molecule is CCN(CC)Cc1sc(CCOC)nc1CC(=O)O. The second-order valence-electron chi connectivity index (χ2n) is 4.25. The highest BCUT2D eigenvalue weighted by atomic mass is 32.1. The number of rotatable bonds is 9. The fourth-order valence-corrected chi connectivity index (χ4v) is 2.90. The van der Waals surface area contributed by atoms with Crippen molar-refractivity contribution < 1.29 is 14.6 Å². The Labute approximate surface area is 118 Å². The highest BCUT2D eigenvalue weighted by Gasteiger charge is 2.15. The number of aromatic nitrogens is 1. The number of carbonyl (C=O) groups is 1. The van der Waals surface area contributed by atoms with E-state index in [4.69, 9.17) is 9.84 Å². The lowest BCUT2D eigenvalue weighted by atomic mass is 10.2. The first-order valence-electron chi connectivity index (χ1n) is 6.51. The second kappa shape index (κ2) is 8.24. The highest BCUT2D eigenvalue weighted by Crippen LogP contribution is 2.22. The molecule has 0 atom stereocenters. The molecule has 0 saturated heterocycles. The van der Waals surface area contributed by atoms with Crippen LogP contribution >= 0.6 is 11.3 Å². The van der Waals surface area contributed by atoms with E-state index in [9.17, 15) is 4.79 Å². The number of carboxylic acid groups (broad SMARTS) is 1. The Bertz CT molecular complexity index is 403. The zero-order valence-electron chi connectivity index (χ0n) is 11.8. The minimum absolute atomic E-state index is 0.0000834. The zero-order valence-corrected chi connectivity index (χ0v) is 12.6.